The summed E-state index contributed by atoms with van der Waals surface area (Å²) >= 11 is 12.4. The summed E-state index contributed by atoms with van der Waals surface area (Å²) in [5.41, 5.74) is 0.186. The molecule has 1 N–H and O–H groups in total. The van der Waals surface area contributed by atoms with Crippen molar-refractivity contribution >= 4 is 44.8 Å². The summed E-state index contributed by atoms with van der Waals surface area (Å²) in [7, 11) is -4.00. The summed E-state index contributed by atoms with van der Waals surface area (Å²) in [6, 6.07) is 12.7. The molecule has 0 heterocycles. The van der Waals surface area contributed by atoms with Gasteiger partial charge in [0.1, 0.15) is 6.54 Å². The molecule has 0 radical (unpaired) electrons. The van der Waals surface area contributed by atoms with Gasteiger partial charge in [-0.1, -0.05) is 47.8 Å². The highest BCUT2D eigenvalue weighted by Crippen LogP contribution is 2.44. The lowest BCUT2D eigenvalue weighted by Gasteiger charge is -2.27. The number of sulfonamides is 1. The number of amides is 1. The fraction of sp³-hybridized carbons (Fsp3) is 0.381. The average molecular weight is 453 g/mol. The first kappa shape index (κ1) is 20.5. The zero-order chi connectivity index (χ0) is 20.6. The molecule has 2 saturated carbocycles. The van der Waals surface area contributed by atoms with E-state index in [2.05, 4.69) is 5.32 Å². The van der Waals surface area contributed by atoms with Gasteiger partial charge in [0.2, 0.25) is 5.91 Å². The second-order valence-electron chi connectivity index (χ2n) is 7.77. The Hall–Kier alpha value is -1.76. The maximum absolute atomic E-state index is 13.3. The van der Waals surface area contributed by atoms with Gasteiger partial charge in [-0.15, -0.1) is 0 Å². The third-order valence-electron chi connectivity index (χ3n) is 5.88. The van der Waals surface area contributed by atoms with Gasteiger partial charge in [-0.25, -0.2) is 8.42 Å². The van der Waals surface area contributed by atoms with Crippen molar-refractivity contribution in [3.05, 3.63) is 58.6 Å². The molecule has 8 heteroatoms. The SMILES string of the molecule is O=C(CN(c1cc(Cl)ccc1Cl)S(=O)(=O)c1ccccc1)NC1CC2CCC1C2. The van der Waals surface area contributed by atoms with Gasteiger partial charge in [-0.3, -0.25) is 9.10 Å². The molecule has 3 atom stereocenters. The second-order valence-corrected chi connectivity index (χ2v) is 10.5. The van der Waals surface area contributed by atoms with Crippen molar-refractivity contribution in [3.8, 4) is 0 Å². The fourth-order valence-electron chi connectivity index (χ4n) is 4.50. The molecule has 4 rings (SSSR count). The van der Waals surface area contributed by atoms with Crippen LogP contribution in [0.5, 0.6) is 0 Å². The highest BCUT2D eigenvalue weighted by molar-refractivity contribution is 7.92. The van der Waals surface area contributed by atoms with Crippen molar-refractivity contribution in [1.29, 1.82) is 0 Å². The van der Waals surface area contributed by atoms with E-state index in [1.54, 1.807) is 24.3 Å². The van der Waals surface area contributed by atoms with Crippen molar-refractivity contribution in [2.45, 2.75) is 36.6 Å². The predicted molar refractivity (Wildman–Crippen MR) is 115 cm³/mol. The minimum absolute atomic E-state index is 0.0868. The van der Waals surface area contributed by atoms with E-state index >= 15 is 0 Å². The first-order valence-corrected chi connectivity index (χ1v) is 11.9. The van der Waals surface area contributed by atoms with Crippen LogP contribution in [0.3, 0.4) is 0 Å². The molecule has 3 unspecified atom stereocenters. The molecule has 0 aromatic heterocycles. The minimum Gasteiger partial charge on any atom is -0.352 e. The molecule has 154 valence electrons. The Kier molecular flexibility index (Phi) is 5.78. The molecule has 0 aliphatic heterocycles. The maximum Gasteiger partial charge on any atom is 0.264 e. The number of carbonyl (C=O) groups excluding carboxylic acids is 1. The molecular weight excluding hydrogens is 431 g/mol. The fourth-order valence-corrected chi connectivity index (χ4v) is 6.39. The zero-order valence-corrected chi connectivity index (χ0v) is 18.1. The van der Waals surface area contributed by atoms with Crippen LogP contribution in [0.2, 0.25) is 10.0 Å². The quantitative estimate of drug-likeness (QED) is 0.701. The van der Waals surface area contributed by atoms with Crippen LogP contribution in [0.25, 0.3) is 0 Å². The van der Waals surface area contributed by atoms with Gasteiger partial charge in [0.05, 0.1) is 15.6 Å². The van der Waals surface area contributed by atoms with E-state index in [9.17, 15) is 13.2 Å². The van der Waals surface area contributed by atoms with Crippen LogP contribution in [-0.4, -0.2) is 26.9 Å². The number of rotatable bonds is 6. The first-order valence-electron chi connectivity index (χ1n) is 9.67. The van der Waals surface area contributed by atoms with E-state index in [1.165, 1.54) is 30.7 Å². The third-order valence-corrected chi connectivity index (χ3v) is 8.21. The van der Waals surface area contributed by atoms with E-state index < -0.39 is 10.0 Å². The number of anilines is 1. The van der Waals surface area contributed by atoms with Crippen LogP contribution in [0.15, 0.2) is 53.4 Å². The van der Waals surface area contributed by atoms with Crippen LogP contribution < -0.4 is 9.62 Å². The predicted octanol–water partition coefficient (Wildman–Crippen LogP) is 4.49. The first-order chi connectivity index (χ1) is 13.8. The Balaban J connectivity index is 1.63. The van der Waals surface area contributed by atoms with E-state index in [0.717, 1.165) is 23.6 Å². The van der Waals surface area contributed by atoms with Gasteiger partial charge in [0, 0.05) is 11.1 Å². The molecule has 2 aromatic carbocycles. The average Bonchev–Trinajstić information content (AvgIpc) is 3.32. The second kappa shape index (κ2) is 8.17. The van der Waals surface area contributed by atoms with Crippen molar-refractivity contribution in [2.75, 3.05) is 10.8 Å². The number of fused-ring (bicyclic) bond motifs is 2. The van der Waals surface area contributed by atoms with E-state index in [1.807, 2.05) is 0 Å². The molecule has 2 aliphatic rings. The van der Waals surface area contributed by atoms with Crippen molar-refractivity contribution < 1.29 is 13.2 Å². The third kappa shape index (κ3) is 4.25. The van der Waals surface area contributed by atoms with Crippen LogP contribution in [0.4, 0.5) is 5.69 Å². The van der Waals surface area contributed by atoms with Gasteiger partial charge >= 0.3 is 0 Å². The normalized spacial score (nSPS) is 23.2. The molecule has 2 fully saturated rings. The summed E-state index contributed by atoms with van der Waals surface area (Å²) in [5, 5.41) is 3.60. The number of halogens is 2. The molecule has 2 bridgehead atoms. The summed E-state index contributed by atoms with van der Waals surface area (Å²) in [6.45, 7) is -0.356. The van der Waals surface area contributed by atoms with Gasteiger partial charge in [-0.2, -0.15) is 0 Å². The molecule has 29 heavy (non-hydrogen) atoms. The van der Waals surface area contributed by atoms with E-state index in [4.69, 9.17) is 23.2 Å². The van der Waals surface area contributed by atoms with Gasteiger partial charge in [-0.05, 0) is 61.4 Å². The van der Waals surface area contributed by atoms with Crippen molar-refractivity contribution in [2.24, 2.45) is 11.8 Å². The summed E-state index contributed by atoms with van der Waals surface area (Å²) < 4.78 is 27.7. The Labute approximate surface area is 181 Å². The molecule has 1 amide bonds. The number of benzene rings is 2. The Morgan fingerprint density at radius 3 is 2.48 bits per heavy atom. The largest absolute Gasteiger partial charge is 0.352 e. The number of hydrogen-bond donors (Lipinski definition) is 1. The van der Waals surface area contributed by atoms with Gasteiger partial charge in [0.25, 0.3) is 10.0 Å². The summed E-state index contributed by atoms with van der Waals surface area (Å²) in [5.74, 6) is 0.841. The van der Waals surface area contributed by atoms with Crippen LogP contribution >= 0.6 is 23.2 Å². The minimum atomic E-state index is -4.00. The molecule has 5 nitrogen and oxygen atoms in total. The van der Waals surface area contributed by atoms with Crippen molar-refractivity contribution in [1.82, 2.24) is 5.32 Å². The highest BCUT2D eigenvalue weighted by atomic mass is 35.5. The molecule has 0 spiro atoms. The lowest BCUT2D eigenvalue weighted by Crippen LogP contribution is -2.46. The van der Waals surface area contributed by atoms with Crippen LogP contribution in [0.1, 0.15) is 25.7 Å². The van der Waals surface area contributed by atoms with Crippen molar-refractivity contribution in [3.63, 3.8) is 0 Å². The van der Waals surface area contributed by atoms with Crippen LogP contribution in [0, 0.1) is 11.8 Å². The van der Waals surface area contributed by atoms with Gasteiger partial charge < -0.3 is 5.32 Å². The number of nitrogens with zero attached hydrogens (tertiary/aromatic N) is 1. The molecule has 0 saturated heterocycles. The van der Waals surface area contributed by atoms with Gasteiger partial charge in [0.15, 0.2) is 0 Å². The Morgan fingerprint density at radius 1 is 1.07 bits per heavy atom. The Bertz CT molecular complexity index is 1010. The molecule has 2 aromatic rings. The zero-order valence-electron chi connectivity index (χ0n) is 15.7. The number of nitrogens with one attached hydrogen (secondary N) is 1. The van der Waals surface area contributed by atoms with Crippen LogP contribution in [-0.2, 0) is 14.8 Å². The lowest BCUT2D eigenvalue weighted by molar-refractivity contribution is -0.120. The number of hydrogen-bond acceptors (Lipinski definition) is 3. The van der Waals surface area contributed by atoms with E-state index in [-0.39, 0.29) is 34.1 Å². The summed E-state index contributed by atoms with van der Waals surface area (Å²) in [4.78, 5) is 12.9. The lowest BCUT2D eigenvalue weighted by atomic mass is 9.95. The Morgan fingerprint density at radius 2 is 1.83 bits per heavy atom. The molecule has 2 aliphatic carbocycles. The summed E-state index contributed by atoms with van der Waals surface area (Å²) in [6.07, 6.45) is 4.47. The van der Waals surface area contributed by atoms with E-state index in [0.29, 0.717) is 16.9 Å². The monoisotopic (exact) mass is 452 g/mol. The smallest absolute Gasteiger partial charge is 0.264 e. The maximum atomic E-state index is 13.3. The topological polar surface area (TPSA) is 66.5 Å². The standard InChI is InChI=1S/C21H22Cl2N2O3S/c22-16-8-9-18(23)20(12-16)25(29(27,28)17-4-2-1-3-5-17)13-21(26)24-19-11-14-6-7-15(19)10-14/h1-5,8-9,12,14-15,19H,6-7,10-11,13H2,(H,24,26). The molecular formula is C21H22Cl2N2O3S. The number of carbonyl (C=O) groups is 1. The highest BCUT2D eigenvalue weighted by Gasteiger charge is 2.40.